The first kappa shape index (κ1) is 22.1. The molecule has 1 fully saturated rings. The van der Waals surface area contributed by atoms with Crippen molar-refractivity contribution in [2.24, 2.45) is 0 Å². The van der Waals surface area contributed by atoms with E-state index in [0.29, 0.717) is 35.7 Å². The Hall–Kier alpha value is -3.21. The van der Waals surface area contributed by atoms with E-state index in [-0.39, 0.29) is 0 Å². The number of nitrogens with one attached hydrogen (secondary N) is 1. The second-order valence-electron chi connectivity index (χ2n) is 6.69. The van der Waals surface area contributed by atoms with Crippen LogP contribution in [0.5, 0.6) is 17.2 Å². The van der Waals surface area contributed by atoms with E-state index in [1.54, 1.807) is 12.1 Å². The quantitative estimate of drug-likeness (QED) is 0.526. The summed E-state index contributed by atoms with van der Waals surface area (Å²) in [6.07, 6.45) is 6.76. The van der Waals surface area contributed by atoms with Gasteiger partial charge in [-0.15, -0.1) is 0 Å². The van der Waals surface area contributed by atoms with Crippen molar-refractivity contribution in [2.75, 3.05) is 27.9 Å². The normalized spacial score (nSPS) is 15.2. The van der Waals surface area contributed by atoms with Crippen molar-refractivity contribution < 1.29 is 28.5 Å². The van der Waals surface area contributed by atoms with E-state index >= 15 is 0 Å². The molecule has 1 aromatic rings. The Kier molecular flexibility index (Phi) is 7.89. The van der Waals surface area contributed by atoms with Gasteiger partial charge in [-0.05, 0) is 25.0 Å². The number of carbonyl (C=O) groups is 2. The van der Waals surface area contributed by atoms with Crippen LogP contribution in [0, 0.1) is 11.3 Å². The number of rotatable bonds is 8. The third-order valence-electron chi connectivity index (χ3n) is 4.78. The van der Waals surface area contributed by atoms with Crippen molar-refractivity contribution in [2.45, 2.75) is 37.6 Å². The minimum atomic E-state index is -0.857. The highest BCUT2D eigenvalue weighted by Gasteiger charge is 2.33. The van der Waals surface area contributed by atoms with Gasteiger partial charge in [0.15, 0.2) is 18.1 Å². The van der Waals surface area contributed by atoms with Crippen LogP contribution >= 0.6 is 0 Å². The van der Waals surface area contributed by atoms with Crippen molar-refractivity contribution in [3.05, 3.63) is 23.8 Å². The van der Waals surface area contributed by atoms with Gasteiger partial charge in [-0.3, -0.25) is 4.79 Å². The number of nitrogens with zero attached hydrogens (tertiary/aromatic N) is 1. The van der Waals surface area contributed by atoms with Gasteiger partial charge in [0.05, 0.1) is 27.4 Å². The molecule has 156 valence electrons. The number of benzene rings is 1. The molecule has 8 nitrogen and oxygen atoms in total. The third kappa shape index (κ3) is 5.88. The standard InChI is InChI=1S/C21H26N2O6/c1-26-16-12-18(28-3)17(27-2)11-15(16)7-8-20(25)29-13-19(24)23-21(14-22)9-5-4-6-10-21/h7-8,11-12H,4-6,9-10,13H2,1-3H3,(H,23,24)/b8-7+. The highest BCUT2D eigenvalue weighted by Crippen LogP contribution is 2.35. The van der Waals surface area contributed by atoms with E-state index in [9.17, 15) is 14.9 Å². The summed E-state index contributed by atoms with van der Waals surface area (Å²) in [6.45, 7) is -0.449. The second-order valence-corrected chi connectivity index (χ2v) is 6.69. The fourth-order valence-electron chi connectivity index (χ4n) is 3.25. The summed E-state index contributed by atoms with van der Waals surface area (Å²) >= 11 is 0. The van der Waals surface area contributed by atoms with Crippen molar-refractivity contribution in [3.8, 4) is 23.3 Å². The molecule has 29 heavy (non-hydrogen) atoms. The van der Waals surface area contributed by atoms with Gasteiger partial charge in [-0.2, -0.15) is 5.26 Å². The lowest BCUT2D eigenvalue weighted by atomic mass is 9.83. The Labute approximate surface area is 170 Å². The summed E-state index contributed by atoms with van der Waals surface area (Å²) in [5, 5.41) is 12.1. The second kappa shape index (κ2) is 10.4. The van der Waals surface area contributed by atoms with Crippen LogP contribution in [0.2, 0.25) is 0 Å². The Morgan fingerprint density at radius 1 is 1.07 bits per heavy atom. The zero-order chi connectivity index (χ0) is 21.3. The van der Waals surface area contributed by atoms with Crippen molar-refractivity contribution in [1.29, 1.82) is 5.26 Å². The lowest BCUT2D eigenvalue weighted by Crippen LogP contribution is -2.49. The van der Waals surface area contributed by atoms with Gasteiger partial charge in [0, 0.05) is 17.7 Å². The van der Waals surface area contributed by atoms with E-state index < -0.39 is 24.0 Å². The van der Waals surface area contributed by atoms with Crippen LogP contribution in [0.4, 0.5) is 0 Å². The van der Waals surface area contributed by atoms with Gasteiger partial charge in [-0.25, -0.2) is 4.79 Å². The smallest absolute Gasteiger partial charge is 0.331 e. The maximum absolute atomic E-state index is 12.1. The summed E-state index contributed by atoms with van der Waals surface area (Å²) in [4.78, 5) is 24.1. The van der Waals surface area contributed by atoms with Crippen LogP contribution in [-0.4, -0.2) is 45.4 Å². The SMILES string of the molecule is COc1cc(OC)c(OC)cc1/C=C/C(=O)OCC(=O)NC1(C#N)CCCCC1. The Bertz CT molecular complexity index is 806. The van der Waals surface area contributed by atoms with E-state index in [1.165, 1.54) is 33.5 Å². The van der Waals surface area contributed by atoms with Gasteiger partial charge in [0.1, 0.15) is 11.3 Å². The van der Waals surface area contributed by atoms with Crippen LogP contribution < -0.4 is 19.5 Å². The first-order valence-electron chi connectivity index (χ1n) is 9.34. The molecule has 1 aliphatic rings. The molecule has 2 rings (SSSR count). The number of ether oxygens (including phenoxy) is 4. The maximum atomic E-state index is 12.1. The molecule has 0 heterocycles. The zero-order valence-electron chi connectivity index (χ0n) is 16.9. The van der Waals surface area contributed by atoms with Crippen molar-refractivity contribution in [1.82, 2.24) is 5.32 Å². The van der Waals surface area contributed by atoms with Crippen LogP contribution in [0.25, 0.3) is 6.08 Å². The van der Waals surface area contributed by atoms with E-state index in [2.05, 4.69) is 11.4 Å². The van der Waals surface area contributed by atoms with E-state index in [0.717, 1.165) is 19.3 Å². The molecule has 0 bridgehead atoms. The van der Waals surface area contributed by atoms with Gasteiger partial charge in [0.25, 0.3) is 5.91 Å². The van der Waals surface area contributed by atoms with Gasteiger partial charge in [0.2, 0.25) is 0 Å². The molecule has 8 heteroatoms. The van der Waals surface area contributed by atoms with Crippen LogP contribution in [-0.2, 0) is 14.3 Å². The fraction of sp³-hybridized carbons (Fsp3) is 0.476. The lowest BCUT2D eigenvalue weighted by Gasteiger charge is -2.31. The minimum absolute atomic E-state index is 0.449. The molecular formula is C21H26N2O6. The Balaban J connectivity index is 1.96. The average Bonchev–Trinajstić information content (AvgIpc) is 2.76. The first-order valence-corrected chi connectivity index (χ1v) is 9.34. The minimum Gasteiger partial charge on any atom is -0.496 e. The summed E-state index contributed by atoms with van der Waals surface area (Å²) in [5.74, 6) is 0.285. The summed E-state index contributed by atoms with van der Waals surface area (Å²) in [7, 11) is 4.52. The number of hydrogen-bond acceptors (Lipinski definition) is 7. The largest absolute Gasteiger partial charge is 0.496 e. The highest BCUT2D eigenvalue weighted by molar-refractivity contribution is 5.90. The number of nitriles is 1. The topological polar surface area (TPSA) is 107 Å². The zero-order valence-corrected chi connectivity index (χ0v) is 16.9. The number of carbonyl (C=O) groups excluding carboxylic acids is 2. The fourth-order valence-corrected chi connectivity index (χ4v) is 3.25. The molecule has 1 aromatic carbocycles. The molecule has 0 atom stereocenters. The van der Waals surface area contributed by atoms with Gasteiger partial charge >= 0.3 is 5.97 Å². The molecule has 1 amide bonds. The number of hydrogen-bond donors (Lipinski definition) is 1. The number of methoxy groups -OCH3 is 3. The van der Waals surface area contributed by atoms with Crippen molar-refractivity contribution >= 4 is 18.0 Å². The Morgan fingerprint density at radius 3 is 2.28 bits per heavy atom. The summed E-state index contributed by atoms with van der Waals surface area (Å²) < 4.78 is 20.7. The van der Waals surface area contributed by atoms with E-state index in [1.807, 2.05) is 0 Å². The predicted molar refractivity (Wildman–Crippen MR) is 106 cm³/mol. The monoisotopic (exact) mass is 402 g/mol. The maximum Gasteiger partial charge on any atom is 0.331 e. The molecule has 0 saturated heterocycles. The van der Waals surface area contributed by atoms with Crippen LogP contribution in [0.1, 0.15) is 37.7 Å². The average molecular weight is 402 g/mol. The summed E-state index contributed by atoms with van der Waals surface area (Å²) in [5.41, 5.74) is -0.276. The highest BCUT2D eigenvalue weighted by atomic mass is 16.5. The number of amides is 1. The first-order chi connectivity index (χ1) is 14.0. The molecule has 0 unspecified atom stereocenters. The molecule has 1 saturated carbocycles. The van der Waals surface area contributed by atoms with Crippen LogP contribution in [0.3, 0.4) is 0 Å². The summed E-state index contributed by atoms with van der Waals surface area (Å²) in [6, 6.07) is 5.50. The number of esters is 1. The van der Waals surface area contributed by atoms with Gasteiger partial charge < -0.3 is 24.3 Å². The van der Waals surface area contributed by atoms with Crippen LogP contribution in [0.15, 0.2) is 18.2 Å². The van der Waals surface area contributed by atoms with Crippen molar-refractivity contribution in [3.63, 3.8) is 0 Å². The molecule has 1 N–H and O–H groups in total. The molecule has 0 spiro atoms. The molecule has 0 aromatic heterocycles. The lowest BCUT2D eigenvalue weighted by molar-refractivity contribution is -0.144. The molecule has 1 aliphatic carbocycles. The molecule has 0 aliphatic heterocycles. The molecular weight excluding hydrogens is 376 g/mol. The molecule has 0 radical (unpaired) electrons. The van der Waals surface area contributed by atoms with Gasteiger partial charge in [-0.1, -0.05) is 19.3 Å². The predicted octanol–water partition coefficient (Wildman–Crippen LogP) is 2.61. The van der Waals surface area contributed by atoms with E-state index in [4.69, 9.17) is 18.9 Å². The Morgan fingerprint density at radius 2 is 1.69 bits per heavy atom. The third-order valence-corrected chi connectivity index (χ3v) is 4.78.